The van der Waals surface area contributed by atoms with Gasteiger partial charge >= 0.3 is 0 Å². The average molecular weight is 390 g/mol. The second-order valence-corrected chi connectivity index (χ2v) is 6.82. The van der Waals surface area contributed by atoms with E-state index in [-0.39, 0.29) is 5.91 Å². The highest BCUT2D eigenvalue weighted by molar-refractivity contribution is 5.74. The lowest BCUT2D eigenvalue weighted by atomic mass is 10.1. The lowest BCUT2D eigenvalue weighted by Gasteiger charge is -2.10. The number of anilines is 1. The van der Waals surface area contributed by atoms with E-state index >= 15 is 0 Å². The third-order valence-corrected chi connectivity index (χ3v) is 4.60. The lowest BCUT2D eigenvalue weighted by Crippen LogP contribution is -2.17. The molecule has 6 nitrogen and oxygen atoms in total. The molecule has 3 aromatic rings. The van der Waals surface area contributed by atoms with Crippen molar-refractivity contribution in [2.24, 2.45) is 0 Å². The molecule has 1 heterocycles. The smallest absolute Gasteiger partial charge is 0.243 e. The average Bonchev–Trinajstić information content (AvgIpc) is 2.79. The van der Waals surface area contributed by atoms with Gasteiger partial charge in [0, 0.05) is 24.1 Å². The fourth-order valence-corrected chi connectivity index (χ4v) is 3.06. The molecule has 0 saturated carbocycles. The van der Waals surface area contributed by atoms with E-state index in [0.717, 1.165) is 54.7 Å². The van der Waals surface area contributed by atoms with Gasteiger partial charge in [-0.05, 0) is 18.9 Å². The van der Waals surface area contributed by atoms with Crippen molar-refractivity contribution in [1.29, 1.82) is 0 Å². The number of aromatic nitrogens is 2. The fourth-order valence-electron chi connectivity index (χ4n) is 3.06. The van der Waals surface area contributed by atoms with E-state index in [0.29, 0.717) is 12.4 Å². The summed E-state index contributed by atoms with van der Waals surface area (Å²) in [4.78, 5) is 20.4. The van der Waals surface area contributed by atoms with Gasteiger partial charge in [0.2, 0.25) is 11.9 Å². The number of unbranched alkanes of at least 4 members (excludes halogenated alkanes) is 3. The number of nitrogens with one attached hydrogen (secondary N) is 2. The van der Waals surface area contributed by atoms with Gasteiger partial charge in [-0.25, -0.2) is 15.4 Å². The number of nitrogens with zero attached hydrogens (tertiary/aromatic N) is 2. The monoisotopic (exact) mass is 390 g/mol. The molecule has 2 aromatic carbocycles. The molecule has 29 heavy (non-hydrogen) atoms. The van der Waals surface area contributed by atoms with Gasteiger partial charge in [0.1, 0.15) is 0 Å². The SMILES string of the molecule is O=C(CCCCCCNc1nc(-c2ccccc2)cc(-c2ccccc2)n1)NO. The zero-order valence-electron chi connectivity index (χ0n) is 16.3. The number of hydrogen-bond acceptors (Lipinski definition) is 5. The van der Waals surface area contributed by atoms with Gasteiger partial charge in [-0.2, -0.15) is 0 Å². The van der Waals surface area contributed by atoms with Crippen molar-refractivity contribution in [3.63, 3.8) is 0 Å². The van der Waals surface area contributed by atoms with Gasteiger partial charge in [-0.1, -0.05) is 73.5 Å². The molecule has 0 bridgehead atoms. The molecule has 3 N–H and O–H groups in total. The Bertz CT molecular complexity index is 844. The lowest BCUT2D eigenvalue weighted by molar-refractivity contribution is -0.129. The van der Waals surface area contributed by atoms with Crippen molar-refractivity contribution in [2.45, 2.75) is 32.1 Å². The number of carbonyl (C=O) groups excluding carboxylic acids is 1. The van der Waals surface area contributed by atoms with Gasteiger partial charge in [0.05, 0.1) is 11.4 Å². The van der Waals surface area contributed by atoms with Gasteiger partial charge in [0.15, 0.2) is 0 Å². The predicted molar refractivity (Wildman–Crippen MR) is 114 cm³/mol. The summed E-state index contributed by atoms with van der Waals surface area (Å²) in [5.74, 6) is 0.285. The van der Waals surface area contributed by atoms with Crippen LogP contribution in [0.25, 0.3) is 22.5 Å². The highest BCUT2D eigenvalue weighted by Gasteiger charge is 2.08. The first-order valence-corrected chi connectivity index (χ1v) is 9.93. The summed E-state index contributed by atoms with van der Waals surface area (Å²) in [6.45, 7) is 0.763. The zero-order valence-corrected chi connectivity index (χ0v) is 16.3. The fraction of sp³-hybridized carbons (Fsp3) is 0.261. The summed E-state index contributed by atoms with van der Waals surface area (Å²) >= 11 is 0. The molecule has 0 spiro atoms. The van der Waals surface area contributed by atoms with E-state index < -0.39 is 0 Å². The summed E-state index contributed by atoms with van der Waals surface area (Å²) in [5.41, 5.74) is 5.54. The second-order valence-electron chi connectivity index (χ2n) is 6.82. The summed E-state index contributed by atoms with van der Waals surface area (Å²) in [5, 5.41) is 11.8. The quantitative estimate of drug-likeness (QED) is 0.266. The molecule has 150 valence electrons. The normalized spacial score (nSPS) is 10.5. The third kappa shape index (κ3) is 6.40. The predicted octanol–water partition coefficient (Wildman–Crippen LogP) is 4.68. The third-order valence-electron chi connectivity index (χ3n) is 4.60. The summed E-state index contributed by atoms with van der Waals surface area (Å²) < 4.78 is 0. The van der Waals surface area contributed by atoms with Crippen molar-refractivity contribution in [2.75, 3.05) is 11.9 Å². The highest BCUT2D eigenvalue weighted by atomic mass is 16.5. The number of hydrogen-bond donors (Lipinski definition) is 3. The van der Waals surface area contributed by atoms with Crippen LogP contribution < -0.4 is 10.8 Å². The molecule has 0 saturated heterocycles. The second kappa shape index (κ2) is 10.9. The molecule has 0 unspecified atom stereocenters. The van der Waals surface area contributed by atoms with Crippen molar-refractivity contribution in [1.82, 2.24) is 15.4 Å². The van der Waals surface area contributed by atoms with Crippen molar-refractivity contribution >= 4 is 11.9 Å². The molecule has 0 fully saturated rings. The van der Waals surface area contributed by atoms with Crippen LogP contribution in [0.1, 0.15) is 32.1 Å². The van der Waals surface area contributed by atoms with Crippen molar-refractivity contribution in [3.05, 3.63) is 66.7 Å². The highest BCUT2D eigenvalue weighted by Crippen LogP contribution is 2.25. The van der Waals surface area contributed by atoms with Crippen LogP contribution in [0.5, 0.6) is 0 Å². The molecule has 1 aromatic heterocycles. The Morgan fingerprint density at radius 3 is 1.90 bits per heavy atom. The van der Waals surface area contributed by atoms with Crippen LogP contribution in [0.2, 0.25) is 0 Å². The molecule has 0 aliphatic heterocycles. The van der Waals surface area contributed by atoms with Crippen LogP contribution in [0, 0.1) is 0 Å². The Morgan fingerprint density at radius 2 is 1.34 bits per heavy atom. The van der Waals surface area contributed by atoms with Gasteiger partial charge in [-0.3, -0.25) is 10.0 Å². The minimum absolute atomic E-state index is 0.331. The standard InChI is InChI=1S/C23H26N4O2/c28-22(27-29)15-9-1-2-10-16-24-23-25-20(18-11-5-3-6-12-18)17-21(26-23)19-13-7-4-8-14-19/h3-8,11-14,17,29H,1-2,9-10,15-16H2,(H,27,28)(H,24,25,26). The summed E-state index contributed by atoms with van der Waals surface area (Å²) in [6.07, 6.45) is 4.02. The van der Waals surface area contributed by atoms with Crippen molar-refractivity contribution in [3.8, 4) is 22.5 Å². The Labute approximate surface area is 171 Å². The molecule has 6 heteroatoms. The van der Waals surface area contributed by atoms with Crippen LogP contribution in [0.3, 0.4) is 0 Å². The van der Waals surface area contributed by atoms with E-state index in [1.165, 1.54) is 0 Å². The summed E-state index contributed by atoms with van der Waals surface area (Å²) in [7, 11) is 0. The maximum absolute atomic E-state index is 11.0. The van der Waals surface area contributed by atoms with Crippen LogP contribution >= 0.6 is 0 Å². The zero-order chi connectivity index (χ0) is 20.3. The molecule has 3 rings (SSSR count). The first kappa shape index (κ1) is 20.5. The van der Waals surface area contributed by atoms with Crippen LogP contribution in [0.4, 0.5) is 5.95 Å². The molecule has 0 atom stereocenters. The molecule has 0 radical (unpaired) electrons. The largest absolute Gasteiger partial charge is 0.354 e. The minimum atomic E-state index is -0.331. The van der Waals surface area contributed by atoms with E-state index in [4.69, 9.17) is 15.2 Å². The van der Waals surface area contributed by atoms with Crippen molar-refractivity contribution < 1.29 is 10.0 Å². The van der Waals surface area contributed by atoms with E-state index in [1.807, 2.05) is 66.7 Å². The van der Waals surface area contributed by atoms with Gasteiger partial charge in [-0.15, -0.1) is 0 Å². The maximum Gasteiger partial charge on any atom is 0.243 e. The maximum atomic E-state index is 11.0. The Balaban J connectivity index is 1.64. The molecular formula is C23H26N4O2. The molecule has 1 amide bonds. The topological polar surface area (TPSA) is 87.1 Å². The van der Waals surface area contributed by atoms with Gasteiger partial charge in [0.25, 0.3) is 0 Å². The first-order valence-electron chi connectivity index (χ1n) is 9.93. The first-order chi connectivity index (χ1) is 14.3. The number of carbonyl (C=O) groups is 1. The van der Waals surface area contributed by atoms with Crippen LogP contribution in [0.15, 0.2) is 66.7 Å². The minimum Gasteiger partial charge on any atom is -0.354 e. The van der Waals surface area contributed by atoms with E-state index in [1.54, 1.807) is 5.48 Å². The van der Waals surface area contributed by atoms with Crippen LogP contribution in [-0.2, 0) is 4.79 Å². The number of rotatable bonds is 10. The van der Waals surface area contributed by atoms with E-state index in [2.05, 4.69) is 5.32 Å². The van der Waals surface area contributed by atoms with Gasteiger partial charge < -0.3 is 5.32 Å². The Hall–Kier alpha value is -3.25. The molecule has 0 aliphatic rings. The van der Waals surface area contributed by atoms with Crippen LogP contribution in [-0.4, -0.2) is 27.6 Å². The Morgan fingerprint density at radius 1 is 0.793 bits per heavy atom. The number of amides is 1. The summed E-state index contributed by atoms with van der Waals surface area (Å²) in [6, 6.07) is 22.2. The number of benzene rings is 2. The number of hydroxylamine groups is 1. The molecular weight excluding hydrogens is 364 g/mol. The van der Waals surface area contributed by atoms with E-state index in [9.17, 15) is 4.79 Å². The Kier molecular flexibility index (Phi) is 7.72. The molecule has 0 aliphatic carbocycles.